The van der Waals surface area contributed by atoms with Crippen LogP contribution >= 0.6 is 0 Å². The fourth-order valence-corrected chi connectivity index (χ4v) is 3.51. The molecule has 2 bridgehead atoms. The maximum atomic E-state index is 10.8. The number of aldehydes is 1. The van der Waals surface area contributed by atoms with E-state index in [0.29, 0.717) is 18.3 Å². The summed E-state index contributed by atoms with van der Waals surface area (Å²) in [7, 11) is 0. The van der Waals surface area contributed by atoms with Crippen LogP contribution in [0.15, 0.2) is 0 Å². The first-order valence-electron chi connectivity index (χ1n) is 5.53. The lowest BCUT2D eigenvalue weighted by atomic mass is 9.73. The maximum absolute atomic E-state index is 10.8. The van der Waals surface area contributed by atoms with Crippen LogP contribution in [0, 0.1) is 52.3 Å². The van der Waals surface area contributed by atoms with E-state index in [2.05, 4.69) is 12.1 Å². The van der Waals surface area contributed by atoms with Crippen LogP contribution in [-0.2, 0) is 4.79 Å². The Hall–Kier alpha value is -1.35. The summed E-state index contributed by atoms with van der Waals surface area (Å²) in [6, 6.07) is 4.50. The second kappa shape index (κ2) is 4.03. The number of carbonyl (C=O) groups is 1. The highest BCUT2D eigenvalue weighted by molar-refractivity contribution is 5.55. The highest BCUT2D eigenvalue weighted by Crippen LogP contribution is 2.55. The standard InChI is InChI=1S/C12H14N2O/c13-3-1-2-10-8-4-9(7-15)11(5-8)12(10)6-14/h7-12H,1-2,4-5H2. The first-order valence-corrected chi connectivity index (χ1v) is 5.53. The molecule has 2 rings (SSSR count). The number of nitrogens with zero attached hydrogens (tertiary/aromatic N) is 2. The van der Waals surface area contributed by atoms with Crippen LogP contribution in [0.4, 0.5) is 0 Å². The van der Waals surface area contributed by atoms with Crippen molar-refractivity contribution in [2.45, 2.75) is 25.7 Å². The lowest BCUT2D eigenvalue weighted by Gasteiger charge is -2.28. The fraction of sp³-hybridized carbons (Fsp3) is 0.750. The van der Waals surface area contributed by atoms with Gasteiger partial charge in [-0.05, 0) is 37.0 Å². The number of carbonyl (C=O) groups excluding carboxylic acids is 1. The molecular formula is C12H14N2O. The molecule has 0 saturated heterocycles. The van der Waals surface area contributed by atoms with E-state index in [1.54, 1.807) is 0 Å². The monoisotopic (exact) mass is 202 g/mol. The van der Waals surface area contributed by atoms with E-state index in [9.17, 15) is 4.79 Å². The van der Waals surface area contributed by atoms with Gasteiger partial charge in [0.2, 0.25) is 0 Å². The van der Waals surface area contributed by atoms with Crippen LogP contribution in [0.5, 0.6) is 0 Å². The molecule has 0 aliphatic heterocycles. The molecule has 78 valence electrons. The van der Waals surface area contributed by atoms with Gasteiger partial charge in [-0.15, -0.1) is 0 Å². The van der Waals surface area contributed by atoms with Crippen molar-refractivity contribution in [3.8, 4) is 12.1 Å². The average molecular weight is 202 g/mol. The zero-order valence-electron chi connectivity index (χ0n) is 8.60. The van der Waals surface area contributed by atoms with Crippen LogP contribution in [-0.4, -0.2) is 6.29 Å². The topological polar surface area (TPSA) is 64.7 Å². The second-order valence-electron chi connectivity index (χ2n) is 4.71. The fourth-order valence-electron chi connectivity index (χ4n) is 3.51. The van der Waals surface area contributed by atoms with Gasteiger partial charge in [0.1, 0.15) is 6.29 Å². The smallest absolute Gasteiger partial charge is 0.123 e. The molecule has 2 saturated carbocycles. The molecule has 2 aliphatic rings. The summed E-state index contributed by atoms with van der Waals surface area (Å²) in [4.78, 5) is 10.8. The molecule has 3 nitrogen and oxygen atoms in total. The minimum Gasteiger partial charge on any atom is -0.303 e. The Bertz CT molecular complexity index is 339. The summed E-state index contributed by atoms with van der Waals surface area (Å²) in [6.07, 6.45) is 4.37. The largest absolute Gasteiger partial charge is 0.303 e. The van der Waals surface area contributed by atoms with Gasteiger partial charge in [0, 0.05) is 12.3 Å². The summed E-state index contributed by atoms with van der Waals surface area (Å²) in [5.74, 6) is 1.30. The Morgan fingerprint density at radius 2 is 2.13 bits per heavy atom. The van der Waals surface area contributed by atoms with Crippen molar-refractivity contribution >= 4 is 6.29 Å². The molecule has 0 radical (unpaired) electrons. The van der Waals surface area contributed by atoms with Crippen LogP contribution in [0.2, 0.25) is 0 Å². The average Bonchev–Trinajstić information content (AvgIpc) is 2.82. The number of nitriles is 2. The zero-order valence-corrected chi connectivity index (χ0v) is 8.60. The molecule has 0 aromatic heterocycles. The molecule has 2 fully saturated rings. The second-order valence-corrected chi connectivity index (χ2v) is 4.71. The lowest BCUT2D eigenvalue weighted by Crippen LogP contribution is -2.27. The van der Waals surface area contributed by atoms with E-state index in [0.717, 1.165) is 25.5 Å². The zero-order chi connectivity index (χ0) is 10.8. The van der Waals surface area contributed by atoms with Crippen molar-refractivity contribution in [1.82, 2.24) is 0 Å². The van der Waals surface area contributed by atoms with Gasteiger partial charge in [-0.2, -0.15) is 10.5 Å². The Kier molecular flexibility index (Phi) is 2.73. The highest BCUT2D eigenvalue weighted by atomic mass is 16.1. The van der Waals surface area contributed by atoms with Crippen molar-refractivity contribution in [3.63, 3.8) is 0 Å². The Labute approximate surface area is 89.7 Å². The number of hydrogen-bond donors (Lipinski definition) is 0. The van der Waals surface area contributed by atoms with E-state index in [1.165, 1.54) is 0 Å². The summed E-state index contributed by atoms with van der Waals surface area (Å²) in [5, 5.41) is 17.7. The minimum absolute atomic E-state index is 0.0206. The SMILES string of the molecule is N#CCCC1C2CC(C=O)C(C2)C1C#N. The first kappa shape index (κ1) is 10.2. The van der Waals surface area contributed by atoms with Crippen LogP contribution in [0.25, 0.3) is 0 Å². The van der Waals surface area contributed by atoms with Crippen LogP contribution in [0.1, 0.15) is 25.7 Å². The van der Waals surface area contributed by atoms with Crippen LogP contribution < -0.4 is 0 Å². The predicted octanol–water partition coefficient (Wildman–Crippen LogP) is 1.90. The summed E-state index contributed by atoms with van der Waals surface area (Å²) in [5.41, 5.74) is 0. The molecule has 0 aromatic carbocycles. The molecule has 0 N–H and O–H groups in total. The molecule has 3 heteroatoms. The third-order valence-corrected chi connectivity index (χ3v) is 4.14. The van der Waals surface area contributed by atoms with Gasteiger partial charge in [0.15, 0.2) is 0 Å². The molecule has 0 aromatic rings. The molecule has 5 unspecified atom stereocenters. The molecular weight excluding hydrogens is 188 g/mol. The quantitative estimate of drug-likeness (QED) is 0.656. The van der Waals surface area contributed by atoms with Crippen molar-refractivity contribution in [2.75, 3.05) is 0 Å². The number of hydrogen-bond acceptors (Lipinski definition) is 3. The third kappa shape index (κ3) is 1.53. The minimum atomic E-state index is 0.0206. The van der Waals surface area contributed by atoms with E-state index in [1.807, 2.05) is 0 Å². The Morgan fingerprint density at radius 3 is 2.73 bits per heavy atom. The van der Waals surface area contributed by atoms with Crippen molar-refractivity contribution in [1.29, 1.82) is 10.5 Å². The van der Waals surface area contributed by atoms with E-state index in [-0.39, 0.29) is 17.8 Å². The number of rotatable bonds is 3. The molecule has 15 heavy (non-hydrogen) atoms. The molecule has 2 aliphatic carbocycles. The molecule has 0 amide bonds. The summed E-state index contributed by atoms with van der Waals surface area (Å²) < 4.78 is 0. The number of fused-ring (bicyclic) bond motifs is 2. The van der Waals surface area contributed by atoms with E-state index < -0.39 is 0 Å². The Balaban J connectivity index is 2.08. The summed E-state index contributed by atoms with van der Waals surface area (Å²) >= 11 is 0. The van der Waals surface area contributed by atoms with Crippen molar-refractivity contribution in [3.05, 3.63) is 0 Å². The van der Waals surface area contributed by atoms with Crippen LogP contribution in [0.3, 0.4) is 0 Å². The Morgan fingerprint density at radius 1 is 1.33 bits per heavy atom. The predicted molar refractivity (Wildman–Crippen MR) is 53.2 cm³/mol. The third-order valence-electron chi connectivity index (χ3n) is 4.14. The van der Waals surface area contributed by atoms with E-state index >= 15 is 0 Å². The van der Waals surface area contributed by atoms with Gasteiger partial charge in [0.05, 0.1) is 18.1 Å². The van der Waals surface area contributed by atoms with Crippen molar-refractivity contribution < 1.29 is 4.79 Å². The first-order chi connectivity index (χ1) is 7.31. The summed E-state index contributed by atoms with van der Waals surface area (Å²) in [6.45, 7) is 0. The molecule has 0 spiro atoms. The normalized spacial score (nSPS) is 42.1. The van der Waals surface area contributed by atoms with Crippen molar-refractivity contribution in [2.24, 2.45) is 29.6 Å². The lowest BCUT2D eigenvalue weighted by molar-refractivity contribution is -0.113. The van der Waals surface area contributed by atoms with Gasteiger partial charge in [-0.1, -0.05) is 0 Å². The molecule has 0 heterocycles. The van der Waals surface area contributed by atoms with Gasteiger partial charge in [0.25, 0.3) is 0 Å². The van der Waals surface area contributed by atoms with E-state index in [4.69, 9.17) is 10.5 Å². The van der Waals surface area contributed by atoms with Gasteiger partial charge >= 0.3 is 0 Å². The van der Waals surface area contributed by atoms with Gasteiger partial charge < -0.3 is 4.79 Å². The van der Waals surface area contributed by atoms with Gasteiger partial charge in [-0.3, -0.25) is 0 Å². The van der Waals surface area contributed by atoms with Gasteiger partial charge in [-0.25, -0.2) is 0 Å². The highest BCUT2D eigenvalue weighted by Gasteiger charge is 2.52. The molecule has 5 atom stereocenters. The maximum Gasteiger partial charge on any atom is 0.123 e.